The van der Waals surface area contributed by atoms with Crippen LogP contribution in [0.4, 0.5) is 0 Å². The first-order chi connectivity index (χ1) is 8.10. The first-order valence-corrected chi connectivity index (χ1v) is 5.75. The van der Waals surface area contributed by atoms with E-state index in [1.165, 1.54) is 0 Å². The third-order valence-electron chi connectivity index (χ3n) is 3.07. The molecule has 5 nitrogen and oxygen atoms in total. The Labute approximate surface area is 100 Å². The lowest BCUT2D eigenvalue weighted by Gasteiger charge is -2.23. The fraction of sp³-hybridized carbons (Fsp3) is 0.500. The highest BCUT2D eigenvalue weighted by Crippen LogP contribution is 2.42. The summed E-state index contributed by atoms with van der Waals surface area (Å²) < 4.78 is 5.39. The summed E-state index contributed by atoms with van der Waals surface area (Å²) in [6, 6.07) is 2.14. The molecule has 0 spiro atoms. The number of hydrogen-bond donors (Lipinski definition) is 2. The van der Waals surface area contributed by atoms with Gasteiger partial charge < -0.3 is 10.5 Å². The molecule has 0 saturated heterocycles. The van der Waals surface area contributed by atoms with Crippen LogP contribution in [0.2, 0.25) is 0 Å². The Morgan fingerprint density at radius 2 is 2.29 bits per heavy atom. The van der Waals surface area contributed by atoms with E-state index in [1.807, 2.05) is 6.92 Å². The third kappa shape index (κ3) is 1.66. The number of hydrogen-bond acceptors (Lipinski definition) is 4. The van der Waals surface area contributed by atoms with Gasteiger partial charge in [0, 0.05) is 17.2 Å². The highest BCUT2D eigenvalue weighted by atomic mass is 16.5. The number of nitrogens with one attached hydrogen (secondary N) is 1. The largest absolute Gasteiger partial charge is 0.420 e. The predicted molar refractivity (Wildman–Crippen MR) is 63.2 cm³/mol. The number of H-pyrrole nitrogens is 1. The smallest absolute Gasteiger partial charge is 0.243 e. The zero-order valence-electron chi connectivity index (χ0n) is 10.2. The van der Waals surface area contributed by atoms with Gasteiger partial charge in [0.15, 0.2) is 0 Å². The number of allylic oxidation sites excluding steroid dienone is 1. The molecule has 3 N–H and O–H groups in total. The lowest BCUT2D eigenvalue weighted by molar-refractivity contribution is 0.372. The van der Waals surface area contributed by atoms with Crippen molar-refractivity contribution < 1.29 is 4.74 Å². The molecule has 5 heteroatoms. The van der Waals surface area contributed by atoms with Gasteiger partial charge in [0.05, 0.1) is 5.57 Å². The molecule has 1 aromatic rings. The van der Waals surface area contributed by atoms with Gasteiger partial charge in [-0.05, 0) is 12.3 Å². The molecule has 0 fully saturated rings. The summed E-state index contributed by atoms with van der Waals surface area (Å²) >= 11 is 0. The van der Waals surface area contributed by atoms with Crippen molar-refractivity contribution in [3.05, 3.63) is 22.7 Å². The molecule has 0 bridgehead atoms. The number of fused-ring (bicyclic) bond motifs is 1. The van der Waals surface area contributed by atoms with Crippen LogP contribution in [0, 0.1) is 11.3 Å². The van der Waals surface area contributed by atoms with Crippen LogP contribution in [0.1, 0.15) is 50.3 Å². The summed E-state index contributed by atoms with van der Waals surface area (Å²) in [4.78, 5) is 0. The summed E-state index contributed by atoms with van der Waals surface area (Å²) in [7, 11) is 0. The maximum atomic E-state index is 9.16. The van der Waals surface area contributed by atoms with Crippen LogP contribution >= 0.6 is 0 Å². The van der Waals surface area contributed by atoms with E-state index in [0.717, 1.165) is 17.7 Å². The number of aromatic amines is 1. The summed E-state index contributed by atoms with van der Waals surface area (Å²) in [5.41, 5.74) is 8.24. The van der Waals surface area contributed by atoms with Crippen LogP contribution in [0.3, 0.4) is 0 Å². The number of nitrogens with two attached hydrogens (primary N) is 1. The molecule has 1 aromatic heterocycles. The molecule has 2 heterocycles. The first-order valence-electron chi connectivity index (χ1n) is 5.75. The van der Waals surface area contributed by atoms with Crippen molar-refractivity contribution in [1.29, 1.82) is 5.26 Å². The van der Waals surface area contributed by atoms with Gasteiger partial charge in [0.1, 0.15) is 6.07 Å². The maximum absolute atomic E-state index is 9.16. The molecule has 0 aromatic carbocycles. The van der Waals surface area contributed by atoms with Gasteiger partial charge in [-0.15, -0.1) is 5.10 Å². The average Bonchev–Trinajstić information content (AvgIpc) is 2.70. The Balaban J connectivity index is 2.57. The fourth-order valence-electron chi connectivity index (χ4n) is 2.22. The molecular weight excluding hydrogens is 216 g/mol. The minimum atomic E-state index is -0.0140. The Bertz CT molecular complexity index is 507. The molecule has 90 valence electrons. The molecule has 1 aliphatic heterocycles. The van der Waals surface area contributed by atoms with Crippen molar-refractivity contribution in [2.75, 3.05) is 0 Å². The molecular formula is C12H16N4O. The second kappa shape index (κ2) is 4.13. The third-order valence-corrected chi connectivity index (χ3v) is 3.07. The summed E-state index contributed by atoms with van der Waals surface area (Å²) in [6.07, 6.45) is 0.805. The number of rotatable bonds is 2. The zero-order chi connectivity index (χ0) is 12.6. The van der Waals surface area contributed by atoms with Gasteiger partial charge >= 0.3 is 0 Å². The number of nitrogens with zero attached hydrogens (tertiary/aromatic N) is 2. The Kier molecular flexibility index (Phi) is 2.80. The van der Waals surface area contributed by atoms with Crippen molar-refractivity contribution >= 4 is 0 Å². The molecule has 1 aliphatic rings. The van der Waals surface area contributed by atoms with Crippen molar-refractivity contribution in [2.45, 2.75) is 39.0 Å². The SMILES string of the molecule is CC[C@@H]1C(C#N)=C(N)Oc2n[nH]c(C(C)C)c21. The molecule has 0 saturated carbocycles. The van der Waals surface area contributed by atoms with Crippen LogP contribution in [-0.4, -0.2) is 10.2 Å². The van der Waals surface area contributed by atoms with E-state index in [1.54, 1.807) is 0 Å². The predicted octanol–water partition coefficient (Wildman–Crippen LogP) is 2.11. The molecule has 2 rings (SSSR count). The number of aromatic nitrogens is 2. The Morgan fingerprint density at radius 1 is 1.59 bits per heavy atom. The minimum absolute atomic E-state index is 0.0140. The summed E-state index contributed by atoms with van der Waals surface area (Å²) in [5.74, 6) is 0.980. The van der Waals surface area contributed by atoms with E-state index in [2.05, 4.69) is 30.1 Å². The fourth-order valence-corrected chi connectivity index (χ4v) is 2.22. The van der Waals surface area contributed by atoms with Crippen LogP contribution < -0.4 is 10.5 Å². The molecule has 17 heavy (non-hydrogen) atoms. The highest BCUT2D eigenvalue weighted by Gasteiger charge is 2.33. The molecule has 0 aliphatic carbocycles. The van der Waals surface area contributed by atoms with Crippen LogP contribution in [-0.2, 0) is 0 Å². The molecule has 0 amide bonds. The van der Waals surface area contributed by atoms with E-state index in [4.69, 9.17) is 15.7 Å². The van der Waals surface area contributed by atoms with E-state index >= 15 is 0 Å². The van der Waals surface area contributed by atoms with E-state index in [9.17, 15) is 0 Å². The van der Waals surface area contributed by atoms with Gasteiger partial charge in [-0.25, -0.2) is 0 Å². The zero-order valence-corrected chi connectivity index (χ0v) is 10.2. The Hall–Kier alpha value is -1.96. The van der Waals surface area contributed by atoms with Crippen LogP contribution in [0.25, 0.3) is 0 Å². The second-order valence-corrected chi connectivity index (χ2v) is 4.46. The van der Waals surface area contributed by atoms with E-state index < -0.39 is 0 Å². The Morgan fingerprint density at radius 3 is 2.82 bits per heavy atom. The minimum Gasteiger partial charge on any atom is -0.420 e. The summed E-state index contributed by atoms with van der Waals surface area (Å²) in [5, 5.41) is 16.3. The maximum Gasteiger partial charge on any atom is 0.243 e. The lowest BCUT2D eigenvalue weighted by Crippen LogP contribution is -2.20. The van der Waals surface area contributed by atoms with Gasteiger partial charge in [-0.1, -0.05) is 20.8 Å². The van der Waals surface area contributed by atoms with Crippen LogP contribution in [0.15, 0.2) is 11.5 Å². The average molecular weight is 232 g/mol. The topological polar surface area (TPSA) is 87.7 Å². The monoisotopic (exact) mass is 232 g/mol. The molecule has 1 atom stereocenters. The first kappa shape index (κ1) is 11.5. The highest BCUT2D eigenvalue weighted by molar-refractivity contribution is 5.49. The quantitative estimate of drug-likeness (QED) is 0.817. The second-order valence-electron chi connectivity index (χ2n) is 4.46. The number of ether oxygens (including phenoxy) is 1. The molecule has 0 unspecified atom stereocenters. The summed E-state index contributed by atoms with van der Waals surface area (Å²) in [6.45, 7) is 6.18. The van der Waals surface area contributed by atoms with Crippen molar-refractivity contribution in [3.63, 3.8) is 0 Å². The van der Waals surface area contributed by atoms with Gasteiger partial charge in [0.2, 0.25) is 11.8 Å². The van der Waals surface area contributed by atoms with E-state index in [-0.39, 0.29) is 11.8 Å². The number of nitriles is 1. The van der Waals surface area contributed by atoms with Gasteiger partial charge in [0.25, 0.3) is 0 Å². The normalized spacial score (nSPS) is 18.9. The van der Waals surface area contributed by atoms with Crippen molar-refractivity contribution in [3.8, 4) is 11.9 Å². The van der Waals surface area contributed by atoms with E-state index in [0.29, 0.717) is 17.4 Å². The van der Waals surface area contributed by atoms with Gasteiger partial charge in [-0.2, -0.15) is 5.26 Å². The lowest BCUT2D eigenvalue weighted by atomic mass is 9.86. The van der Waals surface area contributed by atoms with Crippen molar-refractivity contribution in [1.82, 2.24) is 10.2 Å². The van der Waals surface area contributed by atoms with Crippen molar-refractivity contribution in [2.24, 2.45) is 5.73 Å². The van der Waals surface area contributed by atoms with Crippen LogP contribution in [0.5, 0.6) is 5.88 Å². The standard InChI is InChI=1S/C12H16N4O/c1-4-7-8(5-13)11(14)17-12-9(7)10(6(2)3)15-16-12/h6-7H,4,14H2,1-3H3,(H,15,16)/t7-/m1/s1. The van der Waals surface area contributed by atoms with Gasteiger partial charge in [-0.3, -0.25) is 5.10 Å². The molecule has 0 radical (unpaired) electrons.